The number of piperazine rings is 1. The number of hydrogen-bond acceptors (Lipinski definition) is 5. The maximum absolute atomic E-state index is 12.1. The highest BCUT2D eigenvalue weighted by atomic mass is 16.6. The fourth-order valence-corrected chi connectivity index (χ4v) is 2.51. The van der Waals surface area contributed by atoms with Gasteiger partial charge < -0.3 is 14.4 Å². The van der Waals surface area contributed by atoms with Crippen LogP contribution in [0.2, 0.25) is 0 Å². The van der Waals surface area contributed by atoms with E-state index in [1.165, 1.54) is 0 Å². The Morgan fingerprint density at radius 2 is 1.74 bits per heavy atom. The maximum Gasteiger partial charge on any atom is 0.410 e. The quantitative estimate of drug-likeness (QED) is 0.776. The summed E-state index contributed by atoms with van der Waals surface area (Å²) >= 11 is 0. The van der Waals surface area contributed by atoms with Crippen LogP contribution in [0.15, 0.2) is 30.3 Å². The van der Waals surface area contributed by atoms with E-state index in [0.29, 0.717) is 32.8 Å². The number of carbonyl (C=O) groups is 2. The topological polar surface area (TPSA) is 59.1 Å². The number of esters is 1. The number of nitrogens with zero attached hydrogens (tertiary/aromatic N) is 2. The van der Waals surface area contributed by atoms with Crippen LogP contribution in [0.1, 0.15) is 19.4 Å². The lowest BCUT2D eigenvalue weighted by Crippen LogP contribution is -2.53. The van der Waals surface area contributed by atoms with Crippen molar-refractivity contribution in [2.45, 2.75) is 26.5 Å². The fraction of sp³-hybridized carbons (Fsp3) is 0.529. The summed E-state index contributed by atoms with van der Waals surface area (Å²) in [6.07, 6.45) is -0.308. The maximum atomic E-state index is 12.1. The number of amides is 1. The van der Waals surface area contributed by atoms with E-state index in [1.807, 2.05) is 42.2 Å². The predicted octanol–water partition coefficient (Wildman–Crippen LogP) is 1.89. The number of rotatable bonds is 5. The highest BCUT2D eigenvalue weighted by Crippen LogP contribution is 2.10. The zero-order valence-electron chi connectivity index (χ0n) is 13.7. The van der Waals surface area contributed by atoms with Crippen molar-refractivity contribution in [2.75, 3.05) is 32.8 Å². The van der Waals surface area contributed by atoms with Gasteiger partial charge in [0, 0.05) is 26.2 Å². The zero-order valence-corrected chi connectivity index (χ0v) is 13.7. The Morgan fingerprint density at radius 1 is 1.09 bits per heavy atom. The Bertz CT molecular complexity index is 513. The normalized spacial score (nSPS) is 16.7. The van der Waals surface area contributed by atoms with Crippen LogP contribution >= 0.6 is 0 Å². The van der Waals surface area contributed by atoms with E-state index in [2.05, 4.69) is 0 Å². The minimum atomic E-state index is -0.308. The van der Waals surface area contributed by atoms with Crippen LogP contribution in [-0.2, 0) is 20.9 Å². The molecular formula is C17H24N2O4. The second kappa shape index (κ2) is 8.53. The van der Waals surface area contributed by atoms with Gasteiger partial charge in [-0.3, -0.25) is 9.69 Å². The summed E-state index contributed by atoms with van der Waals surface area (Å²) in [5.74, 6) is -0.215. The van der Waals surface area contributed by atoms with Gasteiger partial charge in [0.25, 0.3) is 0 Å². The molecule has 6 nitrogen and oxygen atoms in total. The molecule has 0 bridgehead atoms. The van der Waals surface area contributed by atoms with E-state index in [-0.39, 0.29) is 24.7 Å². The summed E-state index contributed by atoms with van der Waals surface area (Å²) in [4.78, 5) is 27.5. The molecule has 1 atom stereocenters. The molecular weight excluding hydrogens is 296 g/mol. The summed E-state index contributed by atoms with van der Waals surface area (Å²) in [5.41, 5.74) is 0.968. The molecule has 1 aliphatic rings. The van der Waals surface area contributed by atoms with Gasteiger partial charge in [-0.15, -0.1) is 0 Å². The third-order valence-electron chi connectivity index (χ3n) is 3.95. The lowest BCUT2D eigenvalue weighted by molar-refractivity contribution is -0.149. The van der Waals surface area contributed by atoms with Crippen molar-refractivity contribution in [1.29, 1.82) is 0 Å². The van der Waals surface area contributed by atoms with Crippen molar-refractivity contribution in [1.82, 2.24) is 9.80 Å². The number of benzene rings is 1. The number of hydrogen-bond donors (Lipinski definition) is 0. The molecule has 1 aromatic carbocycles. The molecule has 0 saturated carbocycles. The highest BCUT2D eigenvalue weighted by Gasteiger charge is 2.28. The van der Waals surface area contributed by atoms with Crippen LogP contribution in [0.25, 0.3) is 0 Å². The number of ether oxygens (including phenoxy) is 2. The van der Waals surface area contributed by atoms with E-state index in [0.717, 1.165) is 5.56 Å². The van der Waals surface area contributed by atoms with Crippen LogP contribution in [0, 0.1) is 0 Å². The number of carbonyl (C=O) groups excluding carboxylic acids is 2. The Hall–Kier alpha value is -2.08. The van der Waals surface area contributed by atoms with Crippen molar-refractivity contribution in [3.05, 3.63) is 35.9 Å². The van der Waals surface area contributed by atoms with E-state index < -0.39 is 0 Å². The largest absolute Gasteiger partial charge is 0.465 e. The first-order valence-electron chi connectivity index (χ1n) is 7.98. The molecule has 0 aromatic heterocycles. The minimum absolute atomic E-state index is 0.215. The van der Waals surface area contributed by atoms with Gasteiger partial charge in [0.1, 0.15) is 12.6 Å². The molecule has 23 heavy (non-hydrogen) atoms. The predicted molar refractivity (Wildman–Crippen MR) is 85.9 cm³/mol. The van der Waals surface area contributed by atoms with Crippen molar-refractivity contribution >= 4 is 12.1 Å². The fourth-order valence-electron chi connectivity index (χ4n) is 2.51. The summed E-state index contributed by atoms with van der Waals surface area (Å²) in [6, 6.07) is 9.32. The first-order chi connectivity index (χ1) is 11.1. The second-order valence-electron chi connectivity index (χ2n) is 5.49. The minimum Gasteiger partial charge on any atom is -0.465 e. The Labute approximate surface area is 137 Å². The average molecular weight is 320 g/mol. The van der Waals surface area contributed by atoms with E-state index in [9.17, 15) is 9.59 Å². The molecule has 2 rings (SSSR count). The molecule has 0 spiro atoms. The van der Waals surface area contributed by atoms with Gasteiger partial charge >= 0.3 is 12.1 Å². The Kier molecular flexibility index (Phi) is 6.40. The molecule has 1 saturated heterocycles. The van der Waals surface area contributed by atoms with Crippen LogP contribution in [-0.4, -0.2) is 60.7 Å². The zero-order chi connectivity index (χ0) is 16.7. The van der Waals surface area contributed by atoms with Gasteiger partial charge in [0.15, 0.2) is 0 Å². The van der Waals surface area contributed by atoms with E-state index in [1.54, 1.807) is 11.8 Å². The molecule has 1 fully saturated rings. The highest BCUT2D eigenvalue weighted by molar-refractivity contribution is 5.75. The second-order valence-corrected chi connectivity index (χ2v) is 5.49. The van der Waals surface area contributed by atoms with E-state index >= 15 is 0 Å². The molecule has 1 heterocycles. The lowest BCUT2D eigenvalue weighted by Gasteiger charge is -2.36. The lowest BCUT2D eigenvalue weighted by atomic mass is 10.2. The molecule has 0 N–H and O–H groups in total. The summed E-state index contributed by atoms with van der Waals surface area (Å²) < 4.78 is 10.4. The molecule has 1 aromatic rings. The Balaban J connectivity index is 1.75. The van der Waals surface area contributed by atoms with Gasteiger partial charge in [-0.05, 0) is 19.4 Å². The molecule has 0 aliphatic carbocycles. The van der Waals surface area contributed by atoms with Crippen molar-refractivity contribution in [2.24, 2.45) is 0 Å². The van der Waals surface area contributed by atoms with Crippen LogP contribution < -0.4 is 0 Å². The Morgan fingerprint density at radius 3 is 2.35 bits per heavy atom. The van der Waals surface area contributed by atoms with Crippen molar-refractivity contribution in [3.8, 4) is 0 Å². The van der Waals surface area contributed by atoms with Gasteiger partial charge in [-0.1, -0.05) is 30.3 Å². The first kappa shape index (κ1) is 17.3. The summed E-state index contributed by atoms with van der Waals surface area (Å²) in [7, 11) is 0. The molecule has 126 valence electrons. The van der Waals surface area contributed by atoms with Crippen LogP contribution in [0.3, 0.4) is 0 Å². The van der Waals surface area contributed by atoms with Crippen LogP contribution in [0.5, 0.6) is 0 Å². The van der Waals surface area contributed by atoms with Gasteiger partial charge in [0.05, 0.1) is 6.61 Å². The summed E-state index contributed by atoms with van der Waals surface area (Å²) in [5, 5.41) is 0. The standard InChI is InChI=1S/C17H24N2O4/c1-3-22-16(20)14(2)18-9-11-19(12-10-18)17(21)23-13-15-7-5-4-6-8-15/h4-8,14H,3,9-13H2,1-2H3. The van der Waals surface area contributed by atoms with Gasteiger partial charge in [0.2, 0.25) is 0 Å². The average Bonchev–Trinajstić information content (AvgIpc) is 2.60. The molecule has 1 unspecified atom stereocenters. The SMILES string of the molecule is CCOC(=O)C(C)N1CCN(C(=O)OCc2ccccc2)CC1. The third kappa shape index (κ3) is 4.96. The first-order valence-corrected chi connectivity index (χ1v) is 7.98. The van der Waals surface area contributed by atoms with Gasteiger partial charge in [-0.25, -0.2) is 4.79 Å². The van der Waals surface area contributed by atoms with Gasteiger partial charge in [-0.2, -0.15) is 0 Å². The monoisotopic (exact) mass is 320 g/mol. The van der Waals surface area contributed by atoms with Crippen LogP contribution in [0.4, 0.5) is 4.79 Å². The molecule has 1 amide bonds. The van der Waals surface area contributed by atoms with Crippen molar-refractivity contribution in [3.63, 3.8) is 0 Å². The third-order valence-corrected chi connectivity index (χ3v) is 3.95. The van der Waals surface area contributed by atoms with Crippen molar-refractivity contribution < 1.29 is 19.1 Å². The summed E-state index contributed by atoms with van der Waals surface area (Å²) in [6.45, 7) is 6.68. The molecule has 6 heteroatoms. The molecule has 0 radical (unpaired) electrons. The smallest absolute Gasteiger partial charge is 0.410 e. The van der Waals surface area contributed by atoms with E-state index in [4.69, 9.17) is 9.47 Å². The molecule has 1 aliphatic heterocycles.